The van der Waals surface area contributed by atoms with Crippen molar-refractivity contribution in [3.05, 3.63) is 59.2 Å². The first kappa shape index (κ1) is 22.3. The summed E-state index contributed by atoms with van der Waals surface area (Å²) in [5, 5.41) is 0. The van der Waals surface area contributed by atoms with Gasteiger partial charge in [-0.15, -0.1) is 0 Å². The van der Waals surface area contributed by atoms with E-state index in [9.17, 15) is 13.2 Å². The summed E-state index contributed by atoms with van der Waals surface area (Å²) in [6.45, 7) is 4.22. The standard InChI is InChI=1S/C22H28N2O5S/c1-17-5-3-6-18(15-17)7-4-10-23-30(26,27)19-8-9-21(28-2)20(16-19)22(25)24-11-13-29-14-12-24/h3,5-6,8-9,15-16,23H,4,7,10-14H2,1-2H3. The Morgan fingerprint density at radius 2 is 1.93 bits per heavy atom. The summed E-state index contributed by atoms with van der Waals surface area (Å²) >= 11 is 0. The normalized spacial score (nSPS) is 14.5. The summed E-state index contributed by atoms with van der Waals surface area (Å²) < 4.78 is 38.7. The van der Waals surface area contributed by atoms with Gasteiger partial charge in [0, 0.05) is 19.6 Å². The van der Waals surface area contributed by atoms with Crippen molar-refractivity contribution in [3.63, 3.8) is 0 Å². The first-order chi connectivity index (χ1) is 14.4. The van der Waals surface area contributed by atoms with Gasteiger partial charge in [-0.05, 0) is 43.5 Å². The van der Waals surface area contributed by atoms with Crippen molar-refractivity contribution in [1.29, 1.82) is 0 Å². The molecule has 0 bridgehead atoms. The third-order valence-corrected chi connectivity index (χ3v) is 6.49. The summed E-state index contributed by atoms with van der Waals surface area (Å²) in [6, 6.07) is 12.5. The van der Waals surface area contributed by atoms with E-state index in [1.807, 2.05) is 25.1 Å². The number of methoxy groups -OCH3 is 1. The maximum atomic E-state index is 12.9. The van der Waals surface area contributed by atoms with Gasteiger partial charge in [0.25, 0.3) is 5.91 Å². The number of ether oxygens (including phenoxy) is 2. The van der Waals surface area contributed by atoms with Gasteiger partial charge >= 0.3 is 0 Å². The molecule has 1 fully saturated rings. The Bertz CT molecular complexity index is 985. The van der Waals surface area contributed by atoms with Gasteiger partial charge in [-0.2, -0.15) is 0 Å². The van der Waals surface area contributed by atoms with Gasteiger partial charge in [0.2, 0.25) is 10.0 Å². The van der Waals surface area contributed by atoms with E-state index >= 15 is 0 Å². The first-order valence-corrected chi connectivity index (χ1v) is 11.5. The van der Waals surface area contributed by atoms with Crippen molar-refractivity contribution in [2.24, 2.45) is 0 Å². The van der Waals surface area contributed by atoms with Gasteiger partial charge < -0.3 is 14.4 Å². The highest BCUT2D eigenvalue weighted by atomic mass is 32.2. The second-order valence-corrected chi connectivity index (χ2v) is 9.02. The highest BCUT2D eigenvalue weighted by Gasteiger charge is 2.24. The number of carbonyl (C=O) groups excluding carboxylic acids is 1. The van der Waals surface area contributed by atoms with Crippen molar-refractivity contribution in [1.82, 2.24) is 9.62 Å². The average Bonchev–Trinajstić information content (AvgIpc) is 2.76. The number of carbonyl (C=O) groups is 1. The number of nitrogens with zero attached hydrogens (tertiary/aromatic N) is 1. The van der Waals surface area contributed by atoms with Gasteiger partial charge in [0.15, 0.2) is 0 Å². The van der Waals surface area contributed by atoms with E-state index in [2.05, 4.69) is 10.8 Å². The number of hydrogen-bond acceptors (Lipinski definition) is 5. The Morgan fingerprint density at radius 3 is 2.63 bits per heavy atom. The van der Waals surface area contributed by atoms with Gasteiger partial charge in [-0.25, -0.2) is 13.1 Å². The monoisotopic (exact) mass is 432 g/mol. The van der Waals surface area contributed by atoms with E-state index in [4.69, 9.17) is 9.47 Å². The lowest BCUT2D eigenvalue weighted by Crippen LogP contribution is -2.40. The van der Waals surface area contributed by atoms with Crippen molar-refractivity contribution < 1.29 is 22.7 Å². The number of hydrogen-bond donors (Lipinski definition) is 1. The molecule has 0 aliphatic carbocycles. The highest BCUT2D eigenvalue weighted by molar-refractivity contribution is 7.89. The number of benzene rings is 2. The molecule has 1 aliphatic rings. The highest BCUT2D eigenvalue weighted by Crippen LogP contribution is 2.24. The molecule has 8 heteroatoms. The second-order valence-electron chi connectivity index (χ2n) is 7.26. The fraction of sp³-hybridized carbons (Fsp3) is 0.409. The maximum absolute atomic E-state index is 12.9. The summed E-state index contributed by atoms with van der Waals surface area (Å²) in [7, 11) is -2.27. The largest absolute Gasteiger partial charge is 0.496 e. The van der Waals surface area contributed by atoms with E-state index in [1.54, 1.807) is 4.90 Å². The zero-order valence-corrected chi connectivity index (χ0v) is 18.2. The fourth-order valence-corrected chi connectivity index (χ4v) is 4.51. The summed E-state index contributed by atoms with van der Waals surface area (Å²) in [6.07, 6.45) is 1.46. The molecule has 0 spiro atoms. The first-order valence-electron chi connectivity index (χ1n) is 10.0. The average molecular weight is 433 g/mol. The molecule has 1 aliphatic heterocycles. The number of morpholine rings is 1. The molecular formula is C22H28N2O5S. The van der Waals surface area contributed by atoms with Crippen LogP contribution in [0.2, 0.25) is 0 Å². The number of aryl methyl sites for hydroxylation is 2. The van der Waals surface area contributed by atoms with Crippen molar-refractivity contribution >= 4 is 15.9 Å². The Morgan fingerprint density at radius 1 is 1.17 bits per heavy atom. The molecule has 3 rings (SSSR count). The molecule has 2 aromatic rings. The molecule has 0 unspecified atom stereocenters. The SMILES string of the molecule is COc1ccc(S(=O)(=O)NCCCc2cccc(C)c2)cc1C(=O)N1CCOCC1. The Labute approximate surface area is 178 Å². The number of nitrogens with one attached hydrogen (secondary N) is 1. The van der Waals surface area contributed by atoms with Crippen LogP contribution >= 0.6 is 0 Å². The predicted molar refractivity (Wildman–Crippen MR) is 114 cm³/mol. The van der Waals surface area contributed by atoms with Crippen LogP contribution in [0.1, 0.15) is 27.9 Å². The van der Waals surface area contributed by atoms with Crippen LogP contribution < -0.4 is 9.46 Å². The van der Waals surface area contributed by atoms with Crippen LogP contribution in [0.3, 0.4) is 0 Å². The summed E-state index contributed by atoms with van der Waals surface area (Å²) in [5.41, 5.74) is 2.60. The van der Waals surface area contributed by atoms with Crippen LogP contribution in [0, 0.1) is 6.92 Å². The number of sulfonamides is 1. The van der Waals surface area contributed by atoms with Gasteiger partial charge in [0.05, 0.1) is 30.8 Å². The minimum atomic E-state index is -3.74. The van der Waals surface area contributed by atoms with Crippen LogP contribution in [0.25, 0.3) is 0 Å². The summed E-state index contributed by atoms with van der Waals surface area (Å²) in [5.74, 6) is 0.0940. The topological polar surface area (TPSA) is 84.9 Å². The van der Waals surface area contributed by atoms with Crippen LogP contribution in [0.4, 0.5) is 0 Å². The van der Waals surface area contributed by atoms with Crippen molar-refractivity contribution in [2.75, 3.05) is 40.0 Å². The molecule has 1 amide bonds. The van der Waals surface area contributed by atoms with Crippen LogP contribution in [-0.4, -0.2) is 59.2 Å². The lowest BCUT2D eigenvalue weighted by Gasteiger charge is -2.27. The van der Waals surface area contributed by atoms with E-state index in [-0.39, 0.29) is 16.4 Å². The number of amides is 1. The lowest BCUT2D eigenvalue weighted by molar-refractivity contribution is 0.0300. The van der Waals surface area contributed by atoms with Crippen LogP contribution in [-0.2, 0) is 21.2 Å². The van der Waals surface area contributed by atoms with Gasteiger partial charge in [0.1, 0.15) is 5.75 Å². The predicted octanol–water partition coefficient (Wildman–Crippen LogP) is 2.39. The molecule has 7 nitrogen and oxygen atoms in total. The molecule has 0 radical (unpaired) electrons. The van der Waals surface area contributed by atoms with Gasteiger partial charge in [-0.3, -0.25) is 4.79 Å². The smallest absolute Gasteiger partial charge is 0.257 e. The Balaban J connectivity index is 1.68. The molecule has 0 saturated carbocycles. The van der Waals surface area contributed by atoms with Crippen molar-refractivity contribution in [3.8, 4) is 5.75 Å². The summed E-state index contributed by atoms with van der Waals surface area (Å²) in [4.78, 5) is 14.6. The molecule has 30 heavy (non-hydrogen) atoms. The Kier molecular flexibility index (Phi) is 7.47. The third kappa shape index (κ3) is 5.59. The zero-order valence-electron chi connectivity index (χ0n) is 17.4. The third-order valence-electron chi connectivity index (χ3n) is 5.03. The van der Waals surface area contributed by atoms with Crippen LogP contribution in [0.5, 0.6) is 5.75 Å². The quantitative estimate of drug-likeness (QED) is 0.648. The molecule has 2 aromatic carbocycles. The van der Waals surface area contributed by atoms with Gasteiger partial charge in [-0.1, -0.05) is 29.8 Å². The fourth-order valence-electron chi connectivity index (χ4n) is 3.41. The zero-order chi connectivity index (χ0) is 21.6. The molecule has 162 valence electrons. The lowest BCUT2D eigenvalue weighted by atomic mass is 10.1. The van der Waals surface area contributed by atoms with E-state index in [0.29, 0.717) is 45.0 Å². The van der Waals surface area contributed by atoms with Crippen LogP contribution in [0.15, 0.2) is 47.4 Å². The van der Waals surface area contributed by atoms with E-state index in [1.165, 1.54) is 36.4 Å². The van der Waals surface area contributed by atoms with E-state index in [0.717, 1.165) is 6.42 Å². The molecule has 1 saturated heterocycles. The molecule has 1 heterocycles. The maximum Gasteiger partial charge on any atom is 0.257 e. The second kappa shape index (κ2) is 10.1. The number of rotatable bonds is 8. The Hall–Kier alpha value is -2.42. The minimum absolute atomic E-state index is 0.0514. The molecule has 0 atom stereocenters. The minimum Gasteiger partial charge on any atom is -0.496 e. The van der Waals surface area contributed by atoms with Crippen molar-refractivity contribution in [2.45, 2.75) is 24.7 Å². The molecule has 0 aromatic heterocycles. The van der Waals surface area contributed by atoms with E-state index < -0.39 is 10.0 Å². The molecular weight excluding hydrogens is 404 g/mol. The molecule has 1 N–H and O–H groups in total.